The third-order valence-electron chi connectivity index (χ3n) is 1.84. The summed E-state index contributed by atoms with van der Waals surface area (Å²) in [6, 6.07) is 9.93. The van der Waals surface area contributed by atoms with Gasteiger partial charge in [0.05, 0.1) is 5.00 Å². The van der Waals surface area contributed by atoms with E-state index < -0.39 is 5.97 Å². The van der Waals surface area contributed by atoms with E-state index in [-0.39, 0.29) is 36.1 Å². The van der Waals surface area contributed by atoms with Gasteiger partial charge >= 0.3 is 35.5 Å². The van der Waals surface area contributed by atoms with Crippen molar-refractivity contribution >= 4 is 32.4 Å². The number of hydrogen-bond donors (Lipinski definition) is 2. The molecular formula is C10H9NNaO2S+. The second-order valence-electron chi connectivity index (χ2n) is 2.90. The summed E-state index contributed by atoms with van der Waals surface area (Å²) in [7, 11) is 0. The molecule has 2 aromatic rings. The molecule has 0 amide bonds. The van der Waals surface area contributed by atoms with Crippen LogP contribution in [0.15, 0.2) is 30.3 Å². The van der Waals surface area contributed by atoms with Crippen LogP contribution in [-0.2, 0) is 4.79 Å². The summed E-state index contributed by atoms with van der Waals surface area (Å²) in [6.07, 6.45) is 0. The molecule has 0 saturated carbocycles. The quantitative estimate of drug-likeness (QED) is 0.692. The molecule has 2 rings (SSSR count). The largest absolute Gasteiger partial charge is 1.00 e. The van der Waals surface area contributed by atoms with Gasteiger partial charge in [0, 0.05) is 4.70 Å². The Morgan fingerprint density at radius 3 is 2.80 bits per heavy atom. The van der Waals surface area contributed by atoms with E-state index >= 15 is 0 Å². The molecule has 0 aliphatic carbocycles. The Kier molecular flexibility index (Phi) is 4.60. The molecule has 0 aliphatic rings. The maximum atomic E-state index is 10.3. The maximum absolute atomic E-state index is 10.3. The molecule has 15 heavy (non-hydrogen) atoms. The molecule has 1 heterocycles. The van der Waals surface area contributed by atoms with E-state index in [0.29, 0.717) is 0 Å². The van der Waals surface area contributed by atoms with Crippen molar-refractivity contribution in [3.05, 3.63) is 30.3 Å². The zero-order valence-electron chi connectivity index (χ0n) is 8.36. The standard InChI is InChI=1S/C10H9NO2S.Na/c12-10(13)6-11-9-5-7-3-1-2-4-8(7)14-9;/h1-5,11H,6H2,(H,12,13);/q;+1. The van der Waals surface area contributed by atoms with E-state index in [1.165, 1.54) is 4.70 Å². The first-order valence-corrected chi connectivity index (χ1v) is 5.01. The summed E-state index contributed by atoms with van der Waals surface area (Å²) < 4.78 is 1.17. The van der Waals surface area contributed by atoms with Gasteiger partial charge in [0.1, 0.15) is 6.54 Å². The van der Waals surface area contributed by atoms with E-state index in [9.17, 15) is 4.79 Å². The number of rotatable bonds is 3. The van der Waals surface area contributed by atoms with Crippen molar-refractivity contribution in [1.82, 2.24) is 0 Å². The summed E-state index contributed by atoms with van der Waals surface area (Å²) in [6.45, 7) is -0.0349. The van der Waals surface area contributed by atoms with Crippen molar-refractivity contribution in [3.63, 3.8) is 0 Å². The number of thiophene rings is 1. The fourth-order valence-electron chi connectivity index (χ4n) is 1.23. The van der Waals surface area contributed by atoms with Crippen molar-refractivity contribution < 1.29 is 39.5 Å². The van der Waals surface area contributed by atoms with Gasteiger partial charge in [-0.2, -0.15) is 0 Å². The van der Waals surface area contributed by atoms with Gasteiger partial charge in [0.2, 0.25) is 0 Å². The van der Waals surface area contributed by atoms with Crippen molar-refractivity contribution in [1.29, 1.82) is 0 Å². The normalized spacial score (nSPS) is 9.60. The fourth-order valence-corrected chi connectivity index (χ4v) is 2.19. The van der Waals surface area contributed by atoms with Crippen molar-refractivity contribution in [2.45, 2.75) is 0 Å². The van der Waals surface area contributed by atoms with Crippen LogP contribution < -0.4 is 34.9 Å². The van der Waals surface area contributed by atoms with Crippen LogP contribution in [0.5, 0.6) is 0 Å². The summed E-state index contributed by atoms with van der Waals surface area (Å²) >= 11 is 1.56. The number of anilines is 1. The van der Waals surface area contributed by atoms with Gasteiger partial charge in [-0.15, -0.1) is 11.3 Å². The van der Waals surface area contributed by atoms with Crippen LogP contribution in [0, 0.1) is 0 Å². The molecule has 5 heteroatoms. The molecular weight excluding hydrogens is 221 g/mol. The number of carboxylic acid groups (broad SMARTS) is 1. The first-order chi connectivity index (χ1) is 6.75. The first kappa shape index (κ1) is 12.5. The molecule has 0 aliphatic heterocycles. The summed E-state index contributed by atoms with van der Waals surface area (Å²) in [5.41, 5.74) is 0. The predicted octanol–water partition coefficient (Wildman–Crippen LogP) is -0.598. The summed E-state index contributed by atoms with van der Waals surface area (Å²) in [5, 5.41) is 13.4. The minimum Gasteiger partial charge on any atom is -0.480 e. The average molecular weight is 230 g/mol. The number of aliphatic carboxylic acids is 1. The van der Waals surface area contributed by atoms with Crippen LogP contribution in [0.4, 0.5) is 5.00 Å². The van der Waals surface area contributed by atoms with Crippen molar-refractivity contribution in [2.24, 2.45) is 0 Å². The van der Waals surface area contributed by atoms with Gasteiger partial charge in [-0.3, -0.25) is 4.79 Å². The minimum absolute atomic E-state index is 0. The van der Waals surface area contributed by atoms with Gasteiger partial charge < -0.3 is 10.4 Å². The van der Waals surface area contributed by atoms with Crippen LogP contribution in [-0.4, -0.2) is 17.6 Å². The van der Waals surface area contributed by atoms with Crippen LogP contribution in [0.3, 0.4) is 0 Å². The van der Waals surface area contributed by atoms with Crippen LogP contribution in [0.1, 0.15) is 0 Å². The molecule has 3 nitrogen and oxygen atoms in total. The van der Waals surface area contributed by atoms with Gasteiger partial charge in [-0.05, 0) is 17.5 Å². The second kappa shape index (κ2) is 5.51. The SMILES string of the molecule is O=C(O)CNc1cc2ccccc2s1.[Na+]. The number of hydrogen-bond acceptors (Lipinski definition) is 3. The Labute approximate surface area is 113 Å². The first-order valence-electron chi connectivity index (χ1n) is 4.20. The average Bonchev–Trinajstić information content (AvgIpc) is 2.57. The van der Waals surface area contributed by atoms with E-state index in [2.05, 4.69) is 5.32 Å². The van der Waals surface area contributed by atoms with Gasteiger partial charge in [0.15, 0.2) is 0 Å². The van der Waals surface area contributed by atoms with Gasteiger partial charge in [-0.25, -0.2) is 0 Å². The Morgan fingerprint density at radius 1 is 1.40 bits per heavy atom. The van der Waals surface area contributed by atoms with Gasteiger partial charge in [0.25, 0.3) is 0 Å². The molecule has 0 radical (unpaired) electrons. The Hall–Kier alpha value is -0.550. The predicted molar refractivity (Wildman–Crippen MR) is 58.0 cm³/mol. The Bertz CT molecular complexity index is 436. The molecule has 1 aromatic heterocycles. The van der Waals surface area contributed by atoms with Gasteiger partial charge in [-0.1, -0.05) is 18.2 Å². The number of benzene rings is 1. The molecule has 0 saturated heterocycles. The van der Waals surface area contributed by atoms with Crippen molar-refractivity contribution in [2.75, 3.05) is 11.9 Å². The van der Waals surface area contributed by atoms with Crippen LogP contribution in [0.2, 0.25) is 0 Å². The third-order valence-corrected chi connectivity index (χ3v) is 2.91. The molecule has 1 aromatic carbocycles. The van der Waals surface area contributed by atoms with Crippen LogP contribution >= 0.6 is 11.3 Å². The zero-order chi connectivity index (χ0) is 9.97. The number of carbonyl (C=O) groups is 1. The molecule has 2 N–H and O–H groups in total. The Morgan fingerprint density at radius 2 is 2.13 bits per heavy atom. The number of nitrogens with one attached hydrogen (secondary N) is 1. The smallest absolute Gasteiger partial charge is 0.480 e. The molecule has 0 bridgehead atoms. The molecule has 0 atom stereocenters. The van der Waals surface area contributed by atoms with E-state index in [0.717, 1.165) is 10.4 Å². The maximum Gasteiger partial charge on any atom is 1.00 e. The molecule has 0 fully saturated rings. The fraction of sp³-hybridized carbons (Fsp3) is 0.100. The third kappa shape index (κ3) is 3.21. The van der Waals surface area contributed by atoms with Crippen LogP contribution in [0.25, 0.3) is 10.1 Å². The molecule has 0 unspecified atom stereocenters. The number of carboxylic acids is 1. The van der Waals surface area contributed by atoms with E-state index in [1.807, 2.05) is 30.3 Å². The molecule has 0 spiro atoms. The minimum atomic E-state index is -0.845. The van der Waals surface area contributed by atoms with Crippen molar-refractivity contribution in [3.8, 4) is 0 Å². The summed E-state index contributed by atoms with van der Waals surface area (Å²) in [4.78, 5) is 10.3. The zero-order valence-corrected chi connectivity index (χ0v) is 11.2. The van der Waals surface area contributed by atoms with E-state index in [4.69, 9.17) is 5.11 Å². The van der Waals surface area contributed by atoms with E-state index in [1.54, 1.807) is 11.3 Å². The second-order valence-corrected chi connectivity index (χ2v) is 3.98. The summed E-state index contributed by atoms with van der Waals surface area (Å²) in [5.74, 6) is -0.845. The topological polar surface area (TPSA) is 49.3 Å². The molecule has 72 valence electrons. The Balaban J connectivity index is 0.00000112. The monoisotopic (exact) mass is 230 g/mol. The number of fused-ring (bicyclic) bond motifs is 1.